The van der Waals surface area contributed by atoms with E-state index in [2.05, 4.69) is 22.7 Å². The molecule has 1 saturated carbocycles. The van der Waals surface area contributed by atoms with Crippen LogP contribution in [0.2, 0.25) is 0 Å². The van der Waals surface area contributed by atoms with Crippen molar-refractivity contribution < 1.29 is 4.21 Å². The highest BCUT2D eigenvalue weighted by atomic mass is 127. The first-order valence-corrected chi connectivity index (χ1v) is 12.6. The zero-order valence-electron chi connectivity index (χ0n) is 18.3. The van der Waals surface area contributed by atoms with Crippen molar-refractivity contribution in [2.75, 3.05) is 18.8 Å². The third-order valence-electron chi connectivity index (χ3n) is 5.80. The molecular formula is C20H37IN6O2S. The zero-order valence-corrected chi connectivity index (χ0v) is 21.4. The maximum absolute atomic E-state index is 12.4. The lowest BCUT2D eigenvalue weighted by Gasteiger charge is -2.30. The van der Waals surface area contributed by atoms with Crippen LogP contribution in [0, 0.1) is 0 Å². The topological polar surface area (TPSA) is 93.3 Å². The molecule has 1 aromatic heterocycles. The van der Waals surface area contributed by atoms with Crippen LogP contribution in [0.5, 0.6) is 0 Å². The predicted octanol–water partition coefficient (Wildman–Crippen LogP) is 2.02. The number of aliphatic imine (C=N–C) groups is 1. The summed E-state index contributed by atoms with van der Waals surface area (Å²) in [6.45, 7) is 6.90. The van der Waals surface area contributed by atoms with Gasteiger partial charge in [0, 0.05) is 60.4 Å². The summed E-state index contributed by atoms with van der Waals surface area (Å²) in [6.07, 6.45) is 8.08. The monoisotopic (exact) mass is 552 g/mol. The Morgan fingerprint density at radius 3 is 2.83 bits per heavy atom. The van der Waals surface area contributed by atoms with Gasteiger partial charge in [-0.1, -0.05) is 13.3 Å². The first-order chi connectivity index (χ1) is 14.1. The Labute approximate surface area is 199 Å². The Morgan fingerprint density at radius 1 is 1.27 bits per heavy atom. The van der Waals surface area contributed by atoms with Crippen molar-refractivity contribution >= 4 is 40.7 Å². The first kappa shape index (κ1) is 25.4. The molecule has 0 aromatic carbocycles. The van der Waals surface area contributed by atoms with Gasteiger partial charge in [0.25, 0.3) is 0 Å². The minimum absolute atomic E-state index is 0. The van der Waals surface area contributed by atoms with Crippen LogP contribution in [-0.4, -0.2) is 54.7 Å². The summed E-state index contributed by atoms with van der Waals surface area (Å²) in [4.78, 5) is 17.1. The molecule has 1 aliphatic carbocycles. The highest BCUT2D eigenvalue weighted by Gasteiger charge is 2.26. The van der Waals surface area contributed by atoms with E-state index in [1.807, 2.05) is 11.5 Å². The van der Waals surface area contributed by atoms with Gasteiger partial charge in [-0.3, -0.25) is 13.8 Å². The maximum atomic E-state index is 12.4. The van der Waals surface area contributed by atoms with E-state index < -0.39 is 10.8 Å². The molecule has 2 aliphatic rings. The van der Waals surface area contributed by atoms with Crippen molar-refractivity contribution in [3.8, 4) is 0 Å². The third kappa shape index (κ3) is 6.80. The van der Waals surface area contributed by atoms with E-state index in [9.17, 15) is 9.00 Å². The quantitative estimate of drug-likeness (QED) is 0.223. The van der Waals surface area contributed by atoms with Crippen molar-refractivity contribution in [2.24, 2.45) is 4.99 Å². The Balaban J connectivity index is 0.00000320. The number of guanidine groups is 1. The molecule has 0 spiro atoms. The van der Waals surface area contributed by atoms with Crippen LogP contribution in [0.25, 0.3) is 0 Å². The Morgan fingerprint density at radius 2 is 2.10 bits per heavy atom. The maximum Gasteiger partial charge on any atom is 0.345 e. The lowest BCUT2D eigenvalue weighted by atomic mass is 9.95. The van der Waals surface area contributed by atoms with E-state index in [1.54, 1.807) is 4.68 Å². The molecule has 1 fully saturated rings. The van der Waals surface area contributed by atoms with Gasteiger partial charge in [-0.05, 0) is 45.4 Å². The van der Waals surface area contributed by atoms with E-state index in [0.29, 0.717) is 24.4 Å². The zero-order chi connectivity index (χ0) is 20.6. The van der Waals surface area contributed by atoms with Crippen LogP contribution in [0.3, 0.4) is 0 Å². The second kappa shape index (κ2) is 12.8. The number of aromatic nitrogens is 3. The van der Waals surface area contributed by atoms with Gasteiger partial charge in [0.05, 0.1) is 0 Å². The molecular weight excluding hydrogens is 515 g/mol. The van der Waals surface area contributed by atoms with E-state index in [0.717, 1.165) is 82.0 Å². The largest absolute Gasteiger partial charge is 0.357 e. The van der Waals surface area contributed by atoms with Crippen LogP contribution < -0.4 is 16.3 Å². The minimum atomic E-state index is -0.722. The molecule has 3 rings (SSSR count). The van der Waals surface area contributed by atoms with Crippen molar-refractivity contribution in [2.45, 2.75) is 89.6 Å². The fourth-order valence-electron chi connectivity index (χ4n) is 4.27. The highest BCUT2D eigenvalue weighted by molar-refractivity contribution is 14.0. The molecule has 0 amide bonds. The van der Waals surface area contributed by atoms with E-state index in [1.165, 1.54) is 0 Å². The highest BCUT2D eigenvalue weighted by Crippen LogP contribution is 2.23. The van der Waals surface area contributed by atoms with Gasteiger partial charge in [-0.15, -0.1) is 24.0 Å². The van der Waals surface area contributed by atoms with Crippen LogP contribution >= 0.6 is 24.0 Å². The number of rotatable bonds is 8. The fraction of sp³-hybridized carbons (Fsp3) is 0.850. The van der Waals surface area contributed by atoms with Crippen LogP contribution in [0.4, 0.5) is 0 Å². The van der Waals surface area contributed by atoms with Crippen molar-refractivity contribution in [1.29, 1.82) is 0 Å². The molecule has 172 valence electrons. The normalized spacial score (nSPS) is 22.7. The smallest absolute Gasteiger partial charge is 0.345 e. The van der Waals surface area contributed by atoms with Crippen molar-refractivity contribution in [3.05, 3.63) is 16.3 Å². The molecule has 0 radical (unpaired) electrons. The van der Waals surface area contributed by atoms with Gasteiger partial charge < -0.3 is 10.6 Å². The number of fused-ring (bicyclic) bond motifs is 1. The van der Waals surface area contributed by atoms with Gasteiger partial charge in [0.2, 0.25) is 0 Å². The molecule has 3 atom stereocenters. The molecule has 8 nitrogen and oxygen atoms in total. The summed E-state index contributed by atoms with van der Waals surface area (Å²) in [6, 6.07) is 0.324. The molecule has 2 N–H and O–H groups in total. The summed E-state index contributed by atoms with van der Waals surface area (Å²) in [5.74, 6) is 2.48. The molecule has 10 heteroatoms. The van der Waals surface area contributed by atoms with Gasteiger partial charge in [0.15, 0.2) is 5.96 Å². The number of hydrogen-bond donors (Lipinski definition) is 2. The van der Waals surface area contributed by atoms with E-state index in [4.69, 9.17) is 4.99 Å². The summed E-state index contributed by atoms with van der Waals surface area (Å²) < 4.78 is 15.6. The number of halogens is 1. The second-order valence-electron chi connectivity index (χ2n) is 7.94. The van der Waals surface area contributed by atoms with Gasteiger partial charge in [-0.25, -0.2) is 9.48 Å². The Bertz CT molecular complexity index is 778. The number of nitrogens with one attached hydrogen (secondary N) is 2. The molecule has 30 heavy (non-hydrogen) atoms. The first-order valence-electron chi connectivity index (χ1n) is 11.2. The lowest BCUT2D eigenvalue weighted by Crippen LogP contribution is -2.46. The Kier molecular flexibility index (Phi) is 10.8. The van der Waals surface area contributed by atoms with Gasteiger partial charge in [-0.2, -0.15) is 5.10 Å². The SMILES string of the molecule is CCNC(=NCCCn1nc2n(c1=O)CCCC2)NC1CCCC(S(=O)CC)C1.I. The number of nitrogens with zero attached hydrogens (tertiary/aromatic N) is 4. The van der Waals surface area contributed by atoms with Crippen LogP contribution in [0.1, 0.15) is 64.6 Å². The van der Waals surface area contributed by atoms with E-state index in [-0.39, 0.29) is 29.7 Å². The minimum Gasteiger partial charge on any atom is -0.357 e. The lowest BCUT2D eigenvalue weighted by molar-refractivity contribution is 0.413. The summed E-state index contributed by atoms with van der Waals surface area (Å²) >= 11 is 0. The molecule has 3 unspecified atom stereocenters. The predicted molar refractivity (Wildman–Crippen MR) is 133 cm³/mol. The molecule has 0 saturated heterocycles. The van der Waals surface area contributed by atoms with Gasteiger partial charge in [0.1, 0.15) is 5.82 Å². The van der Waals surface area contributed by atoms with Crippen molar-refractivity contribution in [3.63, 3.8) is 0 Å². The fourth-order valence-corrected chi connectivity index (χ4v) is 5.62. The summed E-state index contributed by atoms with van der Waals surface area (Å²) in [7, 11) is -0.722. The third-order valence-corrected chi connectivity index (χ3v) is 7.54. The van der Waals surface area contributed by atoms with Gasteiger partial charge >= 0.3 is 5.69 Å². The molecule has 0 bridgehead atoms. The Hall–Kier alpha value is -0.910. The molecule has 1 aromatic rings. The van der Waals surface area contributed by atoms with E-state index >= 15 is 0 Å². The van der Waals surface area contributed by atoms with Crippen molar-refractivity contribution in [1.82, 2.24) is 25.0 Å². The average Bonchev–Trinajstić information content (AvgIpc) is 3.06. The summed E-state index contributed by atoms with van der Waals surface area (Å²) in [5, 5.41) is 11.6. The molecule has 1 aliphatic heterocycles. The number of hydrogen-bond acceptors (Lipinski definition) is 4. The van der Waals surface area contributed by atoms with Crippen LogP contribution in [0.15, 0.2) is 9.79 Å². The summed E-state index contributed by atoms with van der Waals surface area (Å²) in [5.41, 5.74) is 0.0193. The average molecular weight is 553 g/mol. The van der Waals surface area contributed by atoms with Crippen LogP contribution in [-0.2, 0) is 30.3 Å². The standard InChI is InChI=1S/C20H36N6O2S.HI/c1-3-21-19(23-16-9-7-10-17(15-16)29(28)4-2)22-12-8-14-26-20(27)25-13-6-5-11-18(25)24-26;/h16-17H,3-15H2,1-2H3,(H2,21,22,23);1H. The number of aryl methyl sites for hydroxylation is 2. The molecule has 2 heterocycles. The second-order valence-corrected chi connectivity index (χ2v) is 9.95.